The largest absolute Gasteiger partial charge is 0.310 e. The molecule has 18 aromatic rings. The van der Waals surface area contributed by atoms with Gasteiger partial charge in [0.05, 0.1) is 0 Å². The maximum Gasteiger partial charge on any atom is 0.0468 e. The molecule has 0 aliphatic carbocycles. The normalized spacial score (nSPS) is 11.7. The van der Waals surface area contributed by atoms with Crippen LogP contribution in [0.15, 0.2) is 352 Å². The Morgan fingerprint density at radius 3 is 1.01 bits per heavy atom. The summed E-state index contributed by atoms with van der Waals surface area (Å²) >= 11 is 0. The van der Waals surface area contributed by atoms with Crippen LogP contribution < -0.4 is 9.80 Å². The molecule has 0 aromatic heterocycles. The van der Waals surface area contributed by atoms with Gasteiger partial charge >= 0.3 is 0 Å². The highest BCUT2D eigenvalue weighted by Crippen LogP contribution is 2.51. The Balaban J connectivity index is 0.886. The predicted octanol–water partition coefficient (Wildman–Crippen LogP) is 25.7. The highest BCUT2D eigenvalue weighted by atomic mass is 15.1. The van der Waals surface area contributed by atoms with E-state index in [1.807, 2.05) is 0 Å². The van der Waals surface area contributed by atoms with Crippen molar-refractivity contribution in [3.05, 3.63) is 352 Å². The van der Waals surface area contributed by atoms with E-state index in [1.54, 1.807) is 0 Å². The fourth-order valence-corrected chi connectivity index (χ4v) is 14.7. The number of rotatable bonds is 10. The SMILES string of the molecule is c1ccc(-c2cc(-c3ccc(N(c4ccc5ccccc5c4)c4ccc5ccccc5c4)cc3)c3c4ccccc4c4cc(-c5cc6ccccc6c6ccccc56)ccc4c3c2-c2ccc(N(c3ccc4ccccc4c3)c3ccc4ccccc4c3)cc2)cc1. The van der Waals surface area contributed by atoms with Crippen LogP contribution in [0.1, 0.15) is 0 Å². The number of benzene rings is 18. The first-order chi connectivity index (χ1) is 45.6. The predicted molar refractivity (Wildman–Crippen MR) is 395 cm³/mol. The van der Waals surface area contributed by atoms with Crippen LogP contribution in [0.3, 0.4) is 0 Å². The van der Waals surface area contributed by atoms with Gasteiger partial charge in [0, 0.05) is 34.1 Å². The van der Waals surface area contributed by atoms with Crippen molar-refractivity contribution in [2.24, 2.45) is 0 Å². The van der Waals surface area contributed by atoms with Crippen LogP contribution in [0.2, 0.25) is 0 Å². The molecule has 428 valence electrons. The van der Waals surface area contributed by atoms with Crippen LogP contribution in [0.5, 0.6) is 0 Å². The molecule has 0 heterocycles. The zero-order valence-corrected chi connectivity index (χ0v) is 50.4. The third-order valence-electron chi connectivity index (χ3n) is 19.1. The van der Waals surface area contributed by atoms with E-state index in [2.05, 4.69) is 362 Å². The molecule has 92 heavy (non-hydrogen) atoms. The second-order valence-electron chi connectivity index (χ2n) is 24.3. The Kier molecular flexibility index (Phi) is 12.6. The van der Waals surface area contributed by atoms with Gasteiger partial charge in [-0.25, -0.2) is 0 Å². The Labute approximate surface area is 534 Å². The maximum atomic E-state index is 2.49. The summed E-state index contributed by atoms with van der Waals surface area (Å²) in [6, 6.07) is 131. The van der Waals surface area contributed by atoms with Crippen molar-refractivity contribution in [2.75, 3.05) is 9.80 Å². The van der Waals surface area contributed by atoms with Crippen molar-refractivity contribution in [1.29, 1.82) is 0 Å². The molecule has 0 saturated heterocycles. The van der Waals surface area contributed by atoms with Crippen LogP contribution in [0.25, 0.3) is 141 Å². The summed E-state index contributed by atoms with van der Waals surface area (Å²) in [6.07, 6.45) is 0. The van der Waals surface area contributed by atoms with E-state index in [9.17, 15) is 0 Å². The van der Waals surface area contributed by atoms with Gasteiger partial charge < -0.3 is 9.80 Å². The zero-order chi connectivity index (χ0) is 60.6. The lowest BCUT2D eigenvalue weighted by atomic mass is 9.81. The second kappa shape index (κ2) is 21.9. The van der Waals surface area contributed by atoms with Crippen LogP contribution in [-0.2, 0) is 0 Å². The molecule has 2 heteroatoms. The third kappa shape index (κ3) is 9.03. The van der Waals surface area contributed by atoms with E-state index in [0.717, 1.165) is 50.8 Å². The summed E-state index contributed by atoms with van der Waals surface area (Å²) < 4.78 is 0. The molecule has 0 unspecified atom stereocenters. The minimum Gasteiger partial charge on any atom is -0.310 e. The number of fused-ring (bicyclic) bond motifs is 13. The molecule has 18 aromatic carbocycles. The molecule has 0 amide bonds. The number of nitrogens with zero attached hydrogens (tertiary/aromatic N) is 2. The van der Waals surface area contributed by atoms with Crippen molar-refractivity contribution in [3.63, 3.8) is 0 Å². The van der Waals surface area contributed by atoms with Gasteiger partial charge in [-0.15, -0.1) is 0 Å². The molecular formula is C90H58N2. The van der Waals surface area contributed by atoms with Crippen LogP contribution in [0, 0.1) is 0 Å². The molecule has 0 bridgehead atoms. The monoisotopic (exact) mass is 1170 g/mol. The zero-order valence-electron chi connectivity index (χ0n) is 50.4. The van der Waals surface area contributed by atoms with Gasteiger partial charge in [-0.2, -0.15) is 0 Å². The Morgan fingerprint density at radius 1 is 0.152 bits per heavy atom. The van der Waals surface area contributed by atoms with Crippen molar-refractivity contribution < 1.29 is 0 Å². The molecule has 0 radical (unpaired) electrons. The van der Waals surface area contributed by atoms with E-state index in [4.69, 9.17) is 0 Å². The summed E-state index contributed by atoms with van der Waals surface area (Å²) in [5.41, 5.74) is 15.9. The van der Waals surface area contributed by atoms with Gasteiger partial charge in [0.1, 0.15) is 0 Å². The smallest absolute Gasteiger partial charge is 0.0468 e. The number of hydrogen-bond acceptors (Lipinski definition) is 2. The third-order valence-corrected chi connectivity index (χ3v) is 19.1. The average molecular weight is 1170 g/mol. The lowest BCUT2D eigenvalue weighted by Crippen LogP contribution is -2.10. The van der Waals surface area contributed by atoms with Crippen LogP contribution in [0.4, 0.5) is 34.1 Å². The lowest BCUT2D eigenvalue weighted by Gasteiger charge is -2.27. The van der Waals surface area contributed by atoms with E-state index >= 15 is 0 Å². The summed E-state index contributed by atoms with van der Waals surface area (Å²) in [6.45, 7) is 0. The number of anilines is 6. The van der Waals surface area contributed by atoms with Gasteiger partial charge in [0.15, 0.2) is 0 Å². The first-order valence-electron chi connectivity index (χ1n) is 31.8. The number of hydrogen-bond donors (Lipinski definition) is 0. The first kappa shape index (κ1) is 53.0. The fraction of sp³-hybridized carbons (Fsp3) is 0. The highest BCUT2D eigenvalue weighted by molar-refractivity contribution is 6.33. The molecule has 0 aliphatic heterocycles. The molecule has 0 saturated carbocycles. The van der Waals surface area contributed by atoms with Gasteiger partial charge in [0.2, 0.25) is 0 Å². The summed E-state index contributed by atoms with van der Waals surface area (Å²) in [5, 5.41) is 21.9. The molecule has 18 rings (SSSR count). The summed E-state index contributed by atoms with van der Waals surface area (Å²) in [7, 11) is 0. The summed E-state index contributed by atoms with van der Waals surface area (Å²) in [4.78, 5) is 4.82. The van der Waals surface area contributed by atoms with E-state index in [0.29, 0.717) is 0 Å². The van der Waals surface area contributed by atoms with Crippen LogP contribution in [-0.4, -0.2) is 0 Å². The molecule has 0 N–H and O–H groups in total. The topological polar surface area (TPSA) is 6.48 Å². The molecule has 0 aliphatic rings. The van der Waals surface area contributed by atoms with Crippen molar-refractivity contribution in [3.8, 4) is 44.5 Å². The van der Waals surface area contributed by atoms with Crippen LogP contribution >= 0.6 is 0 Å². The fourth-order valence-electron chi connectivity index (χ4n) is 14.7. The minimum atomic E-state index is 1.07. The highest BCUT2D eigenvalue weighted by Gasteiger charge is 2.25. The Bertz CT molecular complexity index is 5790. The molecular weight excluding hydrogens is 1110 g/mol. The Morgan fingerprint density at radius 2 is 0.511 bits per heavy atom. The molecule has 2 nitrogen and oxygen atoms in total. The summed E-state index contributed by atoms with van der Waals surface area (Å²) in [5.74, 6) is 0. The minimum absolute atomic E-state index is 1.07. The molecule has 0 fully saturated rings. The van der Waals surface area contributed by atoms with Crippen molar-refractivity contribution >= 4 is 131 Å². The van der Waals surface area contributed by atoms with Gasteiger partial charge in [0.25, 0.3) is 0 Å². The standard InChI is InChI=1S/C90H58N2/c1-2-22-63(23-3-1)85-58-86(64-38-43-72(44-39-64)91(74-47-34-59-18-4-8-24-66(59)52-74)75-48-35-60-19-5-9-25-67(60)53-75)89-82-33-17-16-32-81(82)87-57-71(84-56-70-28-12-13-29-78(70)79-30-14-15-31-80(79)84)42-51-83(87)90(89)88(85)65-40-45-73(46-41-65)92(76-49-36-61-20-6-10-26-68(61)54-76)77-50-37-62-21-7-11-27-69(62)55-77/h1-58H. The first-order valence-corrected chi connectivity index (χ1v) is 31.8. The van der Waals surface area contributed by atoms with E-state index in [-0.39, 0.29) is 0 Å². The van der Waals surface area contributed by atoms with Gasteiger partial charge in [-0.3, -0.25) is 0 Å². The lowest BCUT2D eigenvalue weighted by molar-refractivity contribution is 1.29. The average Bonchev–Trinajstić information content (AvgIpc) is 0.772. The Hall–Kier alpha value is -12.1. The molecule has 0 spiro atoms. The second-order valence-corrected chi connectivity index (χ2v) is 24.3. The van der Waals surface area contributed by atoms with Crippen molar-refractivity contribution in [1.82, 2.24) is 0 Å². The van der Waals surface area contributed by atoms with Crippen molar-refractivity contribution in [2.45, 2.75) is 0 Å². The molecule has 0 atom stereocenters. The maximum absolute atomic E-state index is 2.49. The van der Waals surface area contributed by atoms with E-state index < -0.39 is 0 Å². The quantitative estimate of drug-likeness (QED) is 0.126. The van der Waals surface area contributed by atoms with Gasteiger partial charge in [-0.1, -0.05) is 261 Å². The van der Waals surface area contributed by atoms with E-state index in [1.165, 1.54) is 125 Å². The van der Waals surface area contributed by atoms with Gasteiger partial charge in [-0.05, 0) is 232 Å².